The van der Waals surface area contributed by atoms with E-state index < -0.39 is 0 Å². The van der Waals surface area contributed by atoms with E-state index in [1.807, 2.05) is 17.0 Å². The number of hydrogen-bond donors (Lipinski definition) is 0. The molecule has 9 heteroatoms. The Labute approximate surface area is 196 Å². The van der Waals surface area contributed by atoms with Crippen LogP contribution < -0.4 is 0 Å². The summed E-state index contributed by atoms with van der Waals surface area (Å²) in [6.45, 7) is 4.41. The third-order valence-electron chi connectivity index (χ3n) is 6.36. The normalized spacial score (nSPS) is 18.3. The second-order valence-corrected chi connectivity index (χ2v) is 10.4. The summed E-state index contributed by atoms with van der Waals surface area (Å²) in [4.78, 5) is 18.7. The predicted molar refractivity (Wildman–Crippen MR) is 127 cm³/mol. The van der Waals surface area contributed by atoms with Crippen LogP contribution in [0.3, 0.4) is 0 Å². The summed E-state index contributed by atoms with van der Waals surface area (Å²) in [5.74, 6) is 2.10. The number of carbonyl (C=O) groups is 1. The molecule has 4 heterocycles. The Kier molecular flexibility index (Phi) is 6.95. The predicted octanol–water partition coefficient (Wildman–Crippen LogP) is 4.54. The van der Waals surface area contributed by atoms with Crippen LogP contribution in [0.15, 0.2) is 45.5 Å². The Balaban J connectivity index is 1.20. The van der Waals surface area contributed by atoms with Crippen molar-refractivity contribution >= 4 is 29.0 Å². The van der Waals surface area contributed by atoms with Gasteiger partial charge in [0.1, 0.15) is 0 Å². The Morgan fingerprint density at radius 2 is 1.94 bits per heavy atom. The number of amides is 1. The van der Waals surface area contributed by atoms with Gasteiger partial charge in [-0.15, -0.1) is 21.5 Å². The first kappa shape index (κ1) is 21.7. The highest BCUT2D eigenvalue weighted by molar-refractivity contribution is 7.99. The zero-order valence-electron chi connectivity index (χ0n) is 18.2. The topological polar surface area (TPSA) is 67.4 Å². The van der Waals surface area contributed by atoms with E-state index in [-0.39, 0.29) is 5.91 Å². The largest absolute Gasteiger partial charge is 0.461 e. The minimum atomic E-state index is 0.184. The van der Waals surface area contributed by atoms with Crippen molar-refractivity contribution in [2.24, 2.45) is 0 Å². The van der Waals surface area contributed by atoms with Crippen molar-refractivity contribution in [1.29, 1.82) is 0 Å². The first-order valence-corrected chi connectivity index (χ1v) is 13.3. The van der Waals surface area contributed by atoms with Gasteiger partial charge in [-0.1, -0.05) is 37.1 Å². The minimum Gasteiger partial charge on any atom is -0.461 e. The maximum Gasteiger partial charge on any atom is 0.233 e. The van der Waals surface area contributed by atoms with Gasteiger partial charge in [0, 0.05) is 43.6 Å². The summed E-state index contributed by atoms with van der Waals surface area (Å²) in [5.41, 5.74) is 0. The van der Waals surface area contributed by atoms with Crippen LogP contribution in [0.1, 0.15) is 43.0 Å². The Morgan fingerprint density at radius 3 is 2.66 bits per heavy atom. The molecule has 1 aliphatic carbocycles. The fourth-order valence-electron chi connectivity index (χ4n) is 4.61. The number of thioether (sulfide) groups is 1. The van der Waals surface area contributed by atoms with E-state index in [4.69, 9.17) is 4.42 Å². The molecule has 1 saturated heterocycles. The zero-order chi connectivity index (χ0) is 21.8. The van der Waals surface area contributed by atoms with E-state index in [0.717, 1.165) is 62.3 Å². The molecular weight excluding hydrogens is 442 g/mol. The van der Waals surface area contributed by atoms with Gasteiger partial charge in [-0.05, 0) is 36.4 Å². The molecule has 0 unspecified atom stereocenters. The number of thiophene rings is 1. The lowest BCUT2D eigenvalue weighted by atomic mass is 9.95. The molecular formula is C23H29N5O2S2. The smallest absolute Gasteiger partial charge is 0.233 e. The second kappa shape index (κ2) is 10.2. The van der Waals surface area contributed by atoms with Gasteiger partial charge in [0.2, 0.25) is 11.7 Å². The molecule has 0 spiro atoms. The summed E-state index contributed by atoms with van der Waals surface area (Å²) in [6, 6.07) is 8.46. The summed E-state index contributed by atoms with van der Waals surface area (Å²) in [7, 11) is 0. The Hall–Kier alpha value is -2.10. The molecule has 2 fully saturated rings. The van der Waals surface area contributed by atoms with Gasteiger partial charge in [-0.25, -0.2) is 0 Å². The summed E-state index contributed by atoms with van der Waals surface area (Å²) in [5, 5.41) is 11.8. The van der Waals surface area contributed by atoms with Crippen molar-refractivity contribution in [3.05, 3.63) is 40.8 Å². The van der Waals surface area contributed by atoms with Crippen molar-refractivity contribution in [3.63, 3.8) is 0 Å². The summed E-state index contributed by atoms with van der Waals surface area (Å²) in [6.07, 6.45) is 7.65. The minimum absolute atomic E-state index is 0.184. The van der Waals surface area contributed by atoms with Crippen molar-refractivity contribution < 1.29 is 9.21 Å². The number of nitrogens with zero attached hydrogens (tertiary/aromatic N) is 5. The zero-order valence-corrected chi connectivity index (χ0v) is 19.8. The van der Waals surface area contributed by atoms with Gasteiger partial charge in [0.25, 0.3) is 0 Å². The number of furan rings is 1. The van der Waals surface area contributed by atoms with Crippen molar-refractivity contribution in [3.8, 4) is 11.6 Å². The van der Waals surface area contributed by atoms with Crippen LogP contribution >= 0.6 is 23.1 Å². The molecule has 0 atom stereocenters. The quantitative estimate of drug-likeness (QED) is 0.471. The third kappa shape index (κ3) is 4.94. The van der Waals surface area contributed by atoms with Crippen LogP contribution in [0.5, 0.6) is 0 Å². The van der Waals surface area contributed by atoms with Crippen molar-refractivity contribution in [2.45, 2.75) is 49.8 Å². The van der Waals surface area contributed by atoms with E-state index in [1.165, 1.54) is 35.9 Å². The van der Waals surface area contributed by atoms with Gasteiger partial charge in [-0.3, -0.25) is 14.3 Å². The first-order chi connectivity index (χ1) is 15.8. The molecule has 1 amide bonds. The summed E-state index contributed by atoms with van der Waals surface area (Å²) < 4.78 is 7.84. The van der Waals surface area contributed by atoms with Crippen LogP contribution in [0.2, 0.25) is 0 Å². The molecule has 1 aliphatic heterocycles. The fraction of sp³-hybridized carbons (Fsp3) is 0.522. The lowest BCUT2D eigenvalue weighted by Gasteiger charge is -2.34. The molecule has 3 aromatic heterocycles. The molecule has 1 saturated carbocycles. The van der Waals surface area contributed by atoms with Crippen LogP contribution in [0.25, 0.3) is 11.6 Å². The summed E-state index contributed by atoms with van der Waals surface area (Å²) >= 11 is 3.31. The maximum absolute atomic E-state index is 12.9. The van der Waals surface area contributed by atoms with Crippen LogP contribution in [-0.4, -0.2) is 62.4 Å². The third-order valence-corrected chi connectivity index (χ3v) is 8.14. The number of hydrogen-bond acceptors (Lipinski definition) is 7. The molecule has 170 valence electrons. The lowest BCUT2D eigenvalue weighted by molar-refractivity contribution is -0.130. The van der Waals surface area contributed by atoms with E-state index in [9.17, 15) is 4.79 Å². The van der Waals surface area contributed by atoms with E-state index >= 15 is 0 Å². The van der Waals surface area contributed by atoms with Gasteiger partial charge >= 0.3 is 0 Å². The van der Waals surface area contributed by atoms with Gasteiger partial charge in [0.05, 0.1) is 12.0 Å². The van der Waals surface area contributed by atoms with E-state index in [0.29, 0.717) is 11.8 Å². The standard InChI is InChI=1S/C23H29N5O2S2/c29-21(27-12-10-26(11-13-27)16-19-8-5-15-31-19)17-32-23-25-24-22(20-9-4-14-30-20)28(23)18-6-2-1-3-7-18/h4-5,8-9,14-15,18H,1-3,6-7,10-13,16-17H2. The highest BCUT2D eigenvalue weighted by Gasteiger charge is 2.27. The molecule has 5 rings (SSSR count). The highest BCUT2D eigenvalue weighted by atomic mass is 32.2. The monoisotopic (exact) mass is 471 g/mol. The maximum atomic E-state index is 12.9. The Bertz CT molecular complexity index is 988. The van der Waals surface area contributed by atoms with Crippen molar-refractivity contribution in [2.75, 3.05) is 31.9 Å². The fourth-order valence-corrected chi connectivity index (χ4v) is 6.27. The van der Waals surface area contributed by atoms with Crippen LogP contribution in [0, 0.1) is 0 Å². The molecule has 0 radical (unpaired) electrons. The van der Waals surface area contributed by atoms with Crippen LogP contribution in [-0.2, 0) is 11.3 Å². The van der Waals surface area contributed by atoms with Crippen molar-refractivity contribution in [1.82, 2.24) is 24.6 Å². The molecule has 32 heavy (non-hydrogen) atoms. The molecule has 2 aliphatic rings. The second-order valence-electron chi connectivity index (χ2n) is 8.47. The molecule has 7 nitrogen and oxygen atoms in total. The molecule has 0 N–H and O–H groups in total. The average Bonchev–Trinajstić information content (AvgIpc) is 3.60. The Morgan fingerprint density at radius 1 is 1.09 bits per heavy atom. The van der Waals surface area contributed by atoms with Gasteiger partial charge in [0.15, 0.2) is 10.9 Å². The van der Waals surface area contributed by atoms with E-state index in [2.05, 4.69) is 37.2 Å². The highest BCUT2D eigenvalue weighted by Crippen LogP contribution is 2.35. The molecule has 3 aromatic rings. The first-order valence-electron chi connectivity index (χ1n) is 11.4. The average molecular weight is 472 g/mol. The van der Waals surface area contributed by atoms with Gasteiger partial charge < -0.3 is 9.32 Å². The number of carbonyl (C=O) groups excluding carboxylic acids is 1. The number of aromatic nitrogens is 3. The number of rotatable bonds is 7. The SMILES string of the molecule is O=C(CSc1nnc(-c2ccco2)n1C1CCCCC1)N1CCN(Cc2cccs2)CC1. The van der Waals surface area contributed by atoms with Crippen LogP contribution in [0.4, 0.5) is 0 Å². The van der Waals surface area contributed by atoms with Gasteiger partial charge in [-0.2, -0.15) is 0 Å². The van der Waals surface area contributed by atoms with E-state index in [1.54, 1.807) is 17.6 Å². The number of piperazine rings is 1. The molecule has 0 bridgehead atoms. The lowest BCUT2D eigenvalue weighted by Crippen LogP contribution is -2.48. The molecule has 0 aromatic carbocycles.